The average molecular weight is 317 g/mol. The van der Waals surface area contributed by atoms with Gasteiger partial charge in [0.1, 0.15) is 0 Å². The highest BCUT2D eigenvalue weighted by molar-refractivity contribution is 7.99. The molecule has 3 nitrogen and oxygen atoms in total. The number of thioether (sulfide) groups is 1. The van der Waals surface area contributed by atoms with Gasteiger partial charge in [0.05, 0.1) is 16.7 Å². The van der Waals surface area contributed by atoms with Crippen molar-refractivity contribution >= 4 is 23.4 Å². The van der Waals surface area contributed by atoms with Crippen molar-refractivity contribution in [1.29, 1.82) is 0 Å². The first-order chi connectivity index (χ1) is 9.45. The molecule has 0 fully saturated rings. The van der Waals surface area contributed by atoms with Crippen molar-refractivity contribution in [3.8, 4) is 0 Å². The Morgan fingerprint density at radius 1 is 1.40 bits per heavy atom. The van der Waals surface area contributed by atoms with Crippen LogP contribution in [0.15, 0.2) is 23.4 Å². The normalized spacial score (nSPS) is 14.5. The minimum atomic E-state index is -0.169. The van der Waals surface area contributed by atoms with Gasteiger partial charge in [-0.05, 0) is 37.7 Å². The zero-order valence-electron chi connectivity index (χ0n) is 12.5. The number of aliphatic hydroxyl groups excluding tert-OH is 1. The summed E-state index contributed by atoms with van der Waals surface area (Å²) in [6.07, 6.45) is 4.87. The third kappa shape index (κ3) is 6.93. The number of nitrogens with zero attached hydrogens (tertiary/aromatic N) is 1. The number of unbranched alkanes of at least 4 members (excludes halogenated alkanes) is 1. The van der Waals surface area contributed by atoms with E-state index in [2.05, 4.69) is 31.1 Å². The fourth-order valence-electron chi connectivity index (χ4n) is 2.14. The van der Waals surface area contributed by atoms with E-state index < -0.39 is 0 Å². The zero-order valence-corrected chi connectivity index (χ0v) is 14.1. The highest BCUT2D eigenvalue weighted by Crippen LogP contribution is 2.20. The number of pyridine rings is 1. The van der Waals surface area contributed by atoms with Crippen molar-refractivity contribution < 1.29 is 5.11 Å². The fourth-order valence-corrected chi connectivity index (χ4v) is 3.10. The van der Waals surface area contributed by atoms with Gasteiger partial charge in [-0.15, -0.1) is 11.8 Å². The summed E-state index contributed by atoms with van der Waals surface area (Å²) < 4.78 is 0. The molecule has 0 bridgehead atoms. The Kier molecular flexibility index (Phi) is 7.88. The standard InChI is InChI=1S/C15H25ClN2OS/c1-12(2)18-15(3,11-19)8-4-5-9-20-14-7-6-13(16)10-17-14/h6-7,10,12,18-19H,4-5,8-9,11H2,1-3H3. The second kappa shape index (κ2) is 8.88. The van der Waals surface area contributed by atoms with E-state index in [9.17, 15) is 5.11 Å². The monoisotopic (exact) mass is 316 g/mol. The highest BCUT2D eigenvalue weighted by Gasteiger charge is 2.22. The van der Waals surface area contributed by atoms with Crippen molar-refractivity contribution in [2.45, 2.75) is 56.6 Å². The molecule has 0 aliphatic carbocycles. The molecule has 0 amide bonds. The number of rotatable bonds is 9. The lowest BCUT2D eigenvalue weighted by Crippen LogP contribution is -2.49. The predicted octanol–water partition coefficient (Wildman–Crippen LogP) is 3.75. The number of aromatic nitrogens is 1. The molecule has 1 aromatic heterocycles. The summed E-state index contributed by atoms with van der Waals surface area (Å²) in [6.45, 7) is 6.48. The van der Waals surface area contributed by atoms with Gasteiger partial charge in [-0.2, -0.15) is 0 Å². The first kappa shape index (κ1) is 17.8. The van der Waals surface area contributed by atoms with E-state index in [0.29, 0.717) is 11.1 Å². The van der Waals surface area contributed by atoms with Crippen LogP contribution in [0.25, 0.3) is 0 Å². The number of halogens is 1. The molecule has 1 atom stereocenters. The first-order valence-electron chi connectivity index (χ1n) is 7.08. The van der Waals surface area contributed by atoms with Gasteiger partial charge >= 0.3 is 0 Å². The Bertz CT molecular complexity index is 386. The average Bonchev–Trinajstić information content (AvgIpc) is 2.40. The van der Waals surface area contributed by atoms with Crippen molar-refractivity contribution in [2.24, 2.45) is 0 Å². The minimum Gasteiger partial charge on any atom is -0.394 e. The fraction of sp³-hybridized carbons (Fsp3) is 0.667. The van der Waals surface area contributed by atoms with Gasteiger partial charge in [-0.3, -0.25) is 0 Å². The molecule has 1 heterocycles. The van der Waals surface area contributed by atoms with Crippen LogP contribution in [-0.2, 0) is 0 Å². The van der Waals surface area contributed by atoms with Gasteiger partial charge in [0.15, 0.2) is 0 Å². The Labute approximate surface area is 131 Å². The molecule has 0 radical (unpaired) electrons. The molecule has 5 heteroatoms. The van der Waals surface area contributed by atoms with Gasteiger partial charge in [0.2, 0.25) is 0 Å². The van der Waals surface area contributed by atoms with Crippen LogP contribution in [0.3, 0.4) is 0 Å². The lowest BCUT2D eigenvalue weighted by atomic mass is 9.95. The molecule has 0 aliphatic rings. The van der Waals surface area contributed by atoms with Crippen molar-refractivity contribution in [1.82, 2.24) is 10.3 Å². The van der Waals surface area contributed by atoms with E-state index in [0.717, 1.165) is 30.0 Å². The Morgan fingerprint density at radius 3 is 2.70 bits per heavy atom. The molecule has 0 saturated carbocycles. The molecule has 0 aromatic carbocycles. The van der Waals surface area contributed by atoms with Crippen molar-refractivity contribution in [3.05, 3.63) is 23.4 Å². The van der Waals surface area contributed by atoms with Crippen LogP contribution >= 0.6 is 23.4 Å². The molecule has 1 unspecified atom stereocenters. The van der Waals surface area contributed by atoms with E-state index in [1.54, 1.807) is 18.0 Å². The van der Waals surface area contributed by atoms with E-state index in [-0.39, 0.29) is 12.1 Å². The van der Waals surface area contributed by atoms with Crippen molar-refractivity contribution in [3.63, 3.8) is 0 Å². The lowest BCUT2D eigenvalue weighted by Gasteiger charge is -2.31. The summed E-state index contributed by atoms with van der Waals surface area (Å²) in [4.78, 5) is 4.26. The Balaban J connectivity index is 2.22. The summed E-state index contributed by atoms with van der Waals surface area (Å²) in [5.74, 6) is 1.04. The molecular formula is C15H25ClN2OS. The summed E-state index contributed by atoms with van der Waals surface area (Å²) in [7, 11) is 0. The molecule has 0 saturated heterocycles. The molecule has 2 N–H and O–H groups in total. The molecule has 0 spiro atoms. The molecule has 1 aromatic rings. The van der Waals surface area contributed by atoms with Gasteiger partial charge in [0, 0.05) is 17.8 Å². The van der Waals surface area contributed by atoms with E-state index in [1.165, 1.54) is 0 Å². The number of nitrogens with one attached hydrogen (secondary N) is 1. The van der Waals surface area contributed by atoms with E-state index in [1.807, 2.05) is 12.1 Å². The number of aliphatic hydroxyl groups is 1. The predicted molar refractivity (Wildman–Crippen MR) is 87.6 cm³/mol. The maximum Gasteiger partial charge on any atom is 0.0960 e. The Morgan fingerprint density at radius 2 is 2.15 bits per heavy atom. The van der Waals surface area contributed by atoms with Gasteiger partial charge in [0.25, 0.3) is 0 Å². The second-order valence-electron chi connectivity index (χ2n) is 5.64. The SMILES string of the molecule is CC(C)NC(C)(CO)CCCCSc1ccc(Cl)cn1. The third-order valence-corrected chi connectivity index (χ3v) is 4.31. The number of hydrogen-bond acceptors (Lipinski definition) is 4. The summed E-state index contributed by atoms with van der Waals surface area (Å²) in [5.41, 5.74) is -0.169. The van der Waals surface area contributed by atoms with Gasteiger partial charge < -0.3 is 10.4 Å². The molecule has 114 valence electrons. The van der Waals surface area contributed by atoms with Crippen LogP contribution in [-0.4, -0.2) is 34.0 Å². The summed E-state index contributed by atoms with van der Waals surface area (Å²) in [6, 6.07) is 4.21. The van der Waals surface area contributed by atoms with Gasteiger partial charge in [-0.25, -0.2) is 4.98 Å². The van der Waals surface area contributed by atoms with Crippen LogP contribution < -0.4 is 5.32 Å². The largest absolute Gasteiger partial charge is 0.394 e. The highest BCUT2D eigenvalue weighted by atomic mass is 35.5. The maximum absolute atomic E-state index is 9.50. The molecular weight excluding hydrogens is 292 g/mol. The van der Waals surface area contributed by atoms with Gasteiger partial charge in [-0.1, -0.05) is 31.9 Å². The van der Waals surface area contributed by atoms with Crippen LogP contribution in [0.2, 0.25) is 5.02 Å². The third-order valence-electron chi connectivity index (χ3n) is 3.06. The van der Waals surface area contributed by atoms with Crippen LogP contribution in [0, 0.1) is 0 Å². The first-order valence-corrected chi connectivity index (χ1v) is 8.44. The van der Waals surface area contributed by atoms with E-state index >= 15 is 0 Å². The quantitative estimate of drug-likeness (QED) is 0.538. The topological polar surface area (TPSA) is 45.1 Å². The number of hydrogen-bond donors (Lipinski definition) is 2. The van der Waals surface area contributed by atoms with E-state index in [4.69, 9.17) is 11.6 Å². The van der Waals surface area contributed by atoms with Crippen LogP contribution in [0.4, 0.5) is 0 Å². The molecule has 1 rings (SSSR count). The summed E-state index contributed by atoms with van der Waals surface area (Å²) in [5, 5.41) is 14.6. The molecule has 0 aliphatic heterocycles. The van der Waals surface area contributed by atoms with Crippen LogP contribution in [0.1, 0.15) is 40.0 Å². The van der Waals surface area contributed by atoms with Crippen LogP contribution in [0.5, 0.6) is 0 Å². The van der Waals surface area contributed by atoms with Crippen molar-refractivity contribution in [2.75, 3.05) is 12.4 Å². The minimum absolute atomic E-state index is 0.169. The second-order valence-corrected chi connectivity index (χ2v) is 7.19. The smallest absolute Gasteiger partial charge is 0.0960 e. The lowest BCUT2D eigenvalue weighted by molar-refractivity contribution is 0.154. The Hall–Kier alpha value is -0.290. The molecule has 20 heavy (non-hydrogen) atoms. The zero-order chi connectivity index (χ0) is 15.0. The summed E-state index contributed by atoms with van der Waals surface area (Å²) >= 11 is 7.55. The maximum atomic E-state index is 9.50.